The Labute approximate surface area is 106 Å². The van der Waals surface area contributed by atoms with Crippen LogP contribution in [0.25, 0.3) is 0 Å². The molecule has 0 saturated heterocycles. The third-order valence-corrected chi connectivity index (χ3v) is 2.84. The maximum absolute atomic E-state index is 12.0. The van der Waals surface area contributed by atoms with Gasteiger partial charge in [0.25, 0.3) is 5.91 Å². The molecule has 1 N–H and O–H groups in total. The second-order valence-electron chi connectivity index (χ2n) is 4.11. The quantitative estimate of drug-likeness (QED) is 0.898. The largest absolute Gasteiger partial charge is 0.307 e. The maximum atomic E-state index is 12.0. The van der Waals surface area contributed by atoms with Crippen molar-refractivity contribution in [1.29, 1.82) is 0 Å². The van der Waals surface area contributed by atoms with E-state index in [0.717, 1.165) is 6.42 Å². The summed E-state index contributed by atoms with van der Waals surface area (Å²) in [7, 11) is 0. The van der Waals surface area contributed by atoms with Crippen molar-refractivity contribution in [2.45, 2.75) is 26.3 Å². The molecule has 1 atom stereocenters. The average molecular weight is 244 g/mol. The van der Waals surface area contributed by atoms with Crippen molar-refractivity contribution in [3.05, 3.63) is 42.4 Å². The van der Waals surface area contributed by atoms with Crippen LogP contribution in [-0.4, -0.2) is 20.7 Å². The van der Waals surface area contributed by atoms with E-state index in [-0.39, 0.29) is 11.9 Å². The van der Waals surface area contributed by atoms with Gasteiger partial charge < -0.3 is 5.32 Å². The minimum atomic E-state index is -0.173. The number of carbonyl (C=O) groups is 1. The van der Waals surface area contributed by atoms with Gasteiger partial charge in [0.2, 0.25) is 0 Å². The topological polar surface area (TPSA) is 59.8 Å². The van der Waals surface area contributed by atoms with Crippen LogP contribution >= 0.6 is 0 Å². The van der Waals surface area contributed by atoms with Gasteiger partial charge in [-0.2, -0.15) is 5.10 Å². The van der Waals surface area contributed by atoms with Crippen molar-refractivity contribution in [3.8, 4) is 0 Å². The van der Waals surface area contributed by atoms with Gasteiger partial charge in [-0.05, 0) is 25.5 Å². The number of rotatable bonds is 4. The van der Waals surface area contributed by atoms with Crippen LogP contribution in [0, 0.1) is 0 Å². The van der Waals surface area contributed by atoms with Crippen molar-refractivity contribution in [1.82, 2.24) is 14.8 Å². The molecule has 5 heteroatoms. The molecule has 5 nitrogen and oxygen atoms in total. The standard InChI is InChI=1S/C13H16N4O/c1-3-10(2)17-12(6-8-15-17)16-13(18)11-5-4-7-14-9-11/h4-10H,3H2,1-2H3,(H,16,18). The molecule has 2 aromatic rings. The number of aromatic nitrogens is 3. The second kappa shape index (κ2) is 5.44. The molecule has 1 amide bonds. The number of nitrogens with zero attached hydrogens (tertiary/aromatic N) is 3. The van der Waals surface area contributed by atoms with Crippen LogP contribution in [0.5, 0.6) is 0 Å². The van der Waals surface area contributed by atoms with Gasteiger partial charge in [0.05, 0.1) is 17.8 Å². The number of pyridine rings is 1. The molecule has 0 aliphatic carbocycles. The fraction of sp³-hybridized carbons (Fsp3) is 0.308. The zero-order valence-electron chi connectivity index (χ0n) is 10.5. The lowest BCUT2D eigenvalue weighted by Gasteiger charge is -2.14. The third-order valence-electron chi connectivity index (χ3n) is 2.84. The molecule has 0 aliphatic rings. The van der Waals surface area contributed by atoms with Gasteiger partial charge in [0.1, 0.15) is 5.82 Å². The first-order valence-corrected chi connectivity index (χ1v) is 5.97. The highest BCUT2D eigenvalue weighted by atomic mass is 16.1. The Morgan fingerprint density at radius 3 is 2.94 bits per heavy atom. The van der Waals surface area contributed by atoms with Crippen LogP contribution in [-0.2, 0) is 0 Å². The molecule has 0 fully saturated rings. The first-order valence-electron chi connectivity index (χ1n) is 5.97. The Hall–Kier alpha value is -2.17. The Kier molecular flexibility index (Phi) is 3.72. The molecule has 2 aromatic heterocycles. The predicted octanol–water partition coefficient (Wildman–Crippen LogP) is 2.50. The summed E-state index contributed by atoms with van der Waals surface area (Å²) in [5, 5.41) is 7.06. The number of nitrogens with one attached hydrogen (secondary N) is 1. The Morgan fingerprint density at radius 2 is 2.28 bits per heavy atom. The Morgan fingerprint density at radius 1 is 1.44 bits per heavy atom. The number of amides is 1. The molecular weight excluding hydrogens is 228 g/mol. The molecule has 0 radical (unpaired) electrons. The summed E-state index contributed by atoms with van der Waals surface area (Å²) in [6, 6.07) is 5.51. The average Bonchev–Trinajstić information content (AvgIpc) is 2.87. The van der Waals surface area contributed by atoms with E-state index >= 15 is 0 Å². The molecule has 94 valence electrons. The van der Waals surface area contributed by atoms with Crippen molar-refractivity contribution in [2.24, 2.45) is 0 Å². The molecule has 2 rings (SSSR count). The van der Waals surface area contributed by atoms with Crippen LogP contribution < -0.4 is 5.32 Å². The van der Waals surface area contributed by atoms with Crippen molar-refractivity contribution < 1.29 is 4.79 Å². The van der Waals surface area contributed by atoms with Gasteiger partial charge >= 0.3 is 0 Å². The van der Waals surface area contributed by atoms with Crippen molar-refractivity contribution in [3.63, 3.8) is 0 Å². The predicted molar refractivity (Wildman–Crippen MR) is 69.4 cm³/mol. The summed E-state index contributed by atoms with van der Waals surface area (Å²) in [5.41, 5.74) is 0.536. The molecule has 0 bridgehead atoms. The summed E-state index contributed by atoms with van der Waals surface area (Å²) in [4.78, 5) is 15.9. The highest BCUT2D eigenvalue weighted by Gasteiger charge is 2.12. The van der Waals surface area contributed by atoms with Gasteiger partial charge in [0.15, 0.2) is 0 Å². The number of hydrogen-bond donors (Lipinski definition) is 1. The van der Waals surface area contributed by atoms with Crippen LogP contribution in [0.1, 0.15) is 36.7 Å². The zero-order chi connectivity index (χ0) is 13.0. The van der Waals surface area contributed by atoms with Crippen LogP contribution in [0.15, 0.2) is 36.8 Å². The number of carbonyl (C=O) groups excluding carboxylic acids is 1. The van der Waals surface area contributed by atoms with Crippen LogP contribution in [0.3, 0.4) is 0 Å². The highest BCUT2D eigenvalue weighted by molar-refractivity contribution is 6.03. The molecule has 0 aromatic carbocycles. The Balaban J connectivity index is 2.15. The van der Waals surface area contributed by atoms with E-state index in [2.05, 4.69) is 29.2 Å². The van der Waals surface area contributed by atoms with E-state index < -0.39 is 0 Å². The summed E-state index contributed by atoms with van der Waals surface area (Å²) >= 11 is 0. The van der Waals surface area contributed by atoms with Crippen molar-refractivity contribution in [2.75, 3.05) is 5.32 Å². The Bertz CT molecular complexity index is 521. The zero-order valence-corrected chi connectivity index (χ0v) is 10.5. The maximum Gasteiger partial charge on any atom is 0.258 e. The molecule has 18 heavy (non-hydrogen) atoms. The summed E-state index contributed by atoms with van der Waals surface area (Å²) in [6.45, 7) is 4.14. The molecule has 0 spiro atoms. The van der Waals surface area contributed by atoms with Crippen LogP contribution in [0.4, 0.5) is 5.82 Å². The lowest BCUT2D eigenvalue weighted by molar-refractivity contribution is 0.102. The highest BCUT2D eigenvalue weighted by Crippen LogP contribution is 2.16. The first kappa shape index (κ1) is 12.3. The van der Waals surface area contributed by atoms with Gasteiger partial charge in [0, 0.05) is 18.5 Å². The molecule has 0 saturated carbocycles. The van der Waals surface area contributed by atoms with E-state index in [1.54, 1.807) is 36.8 Å². The van der Waals surface area contributed by atoms with Crippen molar-refractivity contribution >= 4 is 11.7 Å². The SMILES string of the molecule is CCC(C)n1nccc1NC(=O)c1cccnc1. The van der Waals surface area contributed by atoms with E-state index in [9.17, 15) is 4.79 Å². The fourth-order valence-corrected chi connectivity index (χ4v) is 1.62. The number of anilines is 1. The number of hydrogen-bond acceptors (Lipinski definition) is 3. The van der Waals surface area contributed by atoms with E-state index in [1.807, 2.05) is 4.68 Å². The minimum Gasteiger partial charge on any atom is -0.307 e. The van der Waals surface area contributed by atoms with Gasteiger partial charge in [-0.25, -0.2) is 4.68 Å². The summed E-state index contributed by atoms with van der Waals surface area (Å²) in [5.74, 6) is 0.534. The van der Waals surface area contributed by atoms with E-state index in [4.69, 9.17) is 0 Å². The minimum absolute atomic E-state index is 0.173. The van der Waals surface area contributed by atoms with Gasteiger partial charge in [-0.1, -0.05) is 6.92 Å². The first-order chi connectivity index (χ1) is 8.72. The monoisotopic (exact) mass is 244 g/mol. The van der Waals surface area contributed by atoms with E-state index in [1.165, 1.54) is 0 Å². The molecular formula is C13H16N4O. The smallest absolute Gasteiger partial charge is 0.258 e. The normalized spacial score (nSPS) is 12.1. The summed E-state index contributed by atoms with van der Waals surface area (Å²) < 4.78 is 1.81. The molecule has 1 unspecified atom stereocenters. The lowest BCUT2D eigenvalue weighted by atomic mass is 10.2. The molecule has 2 heterocycles. The lowest BCUT2D eigenvalue weighted by Crippen LogP contribution is -2.17. The van der Waals surface area contributed by atoms with Gasteiger partial charge in [-0.3, -0.25) is 9.78 Å². The fourth-order valence-electron chi connectivity index (χ4n) is 1.62. The van der Waals surface area contributed by atoms with Gasteiger partial charge in [-0.15, -0.1) is 0 Å². The van der Waals surface area contributed by atoms with Crippen LogP contribution in [0.2, 0.25) is 0 Å². The summed E-state index contributed by atoms with van der Waals surface area (Å²) in [6.07, 6.45) is 5.82. The second-order valence-corrected chi connectivity index (χ2v) is 4.11. The van der Waals surface area contributed by atoms with E-state index in [0.29, 0.717) is 11.4 Å². The third kappa shape index (κ3) is 2.56. The molecule has 0 aliphatic heterocycles.